The number of halogens is 7. The highest BCUT2D eigenvalue weighted by Gasteiger charge is 2.32. The number of hydrogen-bond donors (Lipinski definition) is 0. The van der Waals surface area contributed by atoms with Crippen molar-refractivity contribution in [3.8, 4) is 0 Å². The van der Waals surface area contributed by atoms with Crippen molar-refractivity contribution in [1.82, 2.24) is 0 Å². The van der Waals surface area contributed by atoms with Gasteiger partial charge in [0.25, 0.3) is 0 Å². The third kappa shape index (κ3) is 5.18. The number of benzene rings is 1. The summed E-state index contributed by atoms with van der Waals surface area (Å²) in [5.74, 6) is -0.0584. The van der Waals surface area contributed by atoms with Crippen molar-refractivity contribution in [2.45, 2.75) is 12.4 Å². The standard InChI is InChI=1S/C11H10ClF6N/c12-5-6-19(7-10(13,14)15)9-3-1-8(2-4-9)11(16,17)18/h1-4H,5-7H2. The van der Waals surface area contributed by atoms with Crippen molar-refractivity contribution in [2.24, 2.45) is 0 Å². The molecule has 0 bridgehead atoms. The molecule has 0 amide bonds. The maximum Gasteiger partial charge on any atom is 0.416 e. The molecule has 0 aliphatic heterocycles. The van der Waals surface area contributed by atoms with Gasteiger partial charge in [0, 0.05) is 18.1 Å². The summed E-state index contributed by atoms with van der Waals surface area (Å²) in [6, 6.07) is 3.49. The molecule has 1 aromatic carbocycles. The minimum Gasteiger partial charge on any atom is -0.361 e. The highest BCUT2D eigenvalue weighted by atomic mass is 35.5. The number of hydrogen-bond acceptors (Lipinski definition) is 1. The van der Waals surface area contributed by atoms with Crippen molar-refractivity contribution in [3.63, 3.8) is 0 Å². The molecule has 8 heteroatoms. The first-order valence-corrected chi connectivity index (χ1v) is 5.72. The Bertz CT molecular complexity index is 397. The first kappa shape index (κ1) is 15.9. The molecule has 0 saturated carbocycles. The lowest BCUT2D eigenvalue weighted by atomic mass is 10.2. The van der Waals surface area contributed by atoms with Crippen LogP contribution in [0.4, 0.5) is 32.0 Å². The fourth-order valence-electron chi connectivity index (χ4n) is 1.48. The van der Waals surface area contributed by atoms with Gasteiger partial charge in [0.05, 0.1) is 5.56 Å². The van der Waals surface area contributed by atoms with Gasteiger partial charge in [0.1, 0.15) is 6.54 Å². The molecular weight excluding hydrogens is 296 g/mol. The lowest BCUT2D eigenvalue weighted by Gasteiger charge is -2.25. The maximum absolute atomic E-state index is 12.3. The van der Waals surface area contributed by atoms with Crippen LogP contribution in [-0.4, -0.2) is 25.1 Å². The molecule has 0 N–H and O–H groups in total. The van der Waals surface area contributed by atoms with Gasteiger partial charge in [-0.05, 0) is 24.3 Å². The molecule has 108 valence electrons. The van der Waals surface area contributed by atoms with Gasteiger partial charge < -0.3 is 4.90 Å². The zero-order valence-electron chi connectivity index (χ0n) is 9.52. The molecule has 0 aliphatic rings. The van der Waals surface area contributed by atoms with Crippen molar-refractivity contribution in [1.29, 1.82) is 0 Å². The van der Waals surface area contributed by atoms with E-state index in [1.54, 1.807) is 0 Å². The van der Waals surface area contributed by atoms with Gasteiger partial charge in [-0.15, -0.1) is 11.6 Å². The van der Waals surface area contributed by atoms with Gasteiger partial charge in [0.2, 0.25) is 0 Å². The average Bonchev–Trinajstić information content (AvgIpc) is 2.26. The highest BCUT2D eigenvalue weighted by Crippen LogP contribution is 2.31. The zero-order chi connectivity index (χ0) is 14.7. The van der Waals surface area contributed by atoms with Crippen molar-refractivity contribution in [3.05, 3.63) is 29.8 Å². The molecule has 0 radical (unpaired) electrons. The van der Waals surface area contributed by atoms with Crippen LogP contribution < -0.4 is 4.90 Å². The van der Waals surface area contributed by atoms with Gasteiger partial charge in [0.15, 0.2) is 0 Å². The molecule has 0 saturated heterocycles. The largest absolute Gasteiger partial charge is 0.416 e. The highest BCUT2D eigenvalue weighted by molar-refractivity contribution is 6.18. The van der Waals surface area contributed by atoms with Crippen molar-refractivity contribution in [2.75, 3.05) is 23.9 Å². The molecule has 0 spiro atoms. The van der Waals surface area contributed by atoms with Crippen LogP contribution in [0.25, 0.3) is 0 Å². The van der Waals surface area contributed by atoms with E-state index in [4.69, 9.17) is 11.6 Å². The molecule has 1 rings (SSSR count). The summed E-state index contributed by atoms with van der Waals surface area (Å²) >= 11 is 5.39. The Hall–Kier alpha value is -1.11. The minimum absolute atomic E-state index is 0.0472. The second-order valence-corrected chi connectivity index (χ2v) is 4.15. The van der Waals surface area contributed by atoms with E-state index in [-0.39, 0.29) is 18.1 Å². The normalized spacial score (nSPS) is 12.6. The van der Waals surface area contributed by atoms with Gasteiger partial charge in [-0.2, -0.15) is 26.3 Å². The molecule has 1 aromatic rings. The lowest BCUT2D eigenvalue weighted by Crippen LogP contribution is -2.35. The quantitative estimate of drug-likeness (QED) is 0.592. The van der Waals surface area contributed by atoms with E-state index >= 15 is 0 Å². The minimum atomic E-state index is -4.51. The van der Waals surface area contributed by atoms with Gasteiger partial charge in [-0.3, -0.25) is 0 Å². The van der Waals surface area contributed by atoms with Crippen LogP contribution in [-0.2, 0) is 6.18 Å². The summed E-state index contributed by atoms with van der Waals surface area (Å²) in [5, 5.41) is 0. The Labute approximate surface area is 110 Å². The van der Waals surface area contributed by atoms with Gasteiger partial charge >= 0.3 is 12.4 Å². The number of anilines is 1. The zero-order valence-corrected chi connectivity index (χ0v) is 10.3. The van der Waals surface area contributed by atoms with Crippen LogP contribution in [0.5, 0.6) is 0 Å². The van der Waals surface area contributed by atoms with Gasteiger partial charge in [-0.25, -0.2) is 0 Å². The molecule has 0 unspecified atom stereocenters. The first-order valence-electron chi connectivity index (χ1n) is 5.18. The van der Waals surface area contributed by atoms with E-state index in [0.717, 1.165) is 29.2 Å². The first-order chi connectivity index (χ1) is 8.63. The van der Waals surface area contributed by atoms with Crippen LogP contribution in [0, 0.1) is 0 Å². The Balaban J connectivity index is 2.91. The van der Waals surface area contributed by atoms with E-state index in [1.165, 1.54) is 0 Å². The summed E-state index contributed by atoms with van der Waals surface area (Å²) in [6.07, 6.45) is -8.96. The van der Waals surface area contributed by atoms with E-state index in [9.17, 15) is 26.3 Å². The third-order valence-electron chi connectivity index (χ3n) is 2.28. The van der Waals surface area contributed by atoms with Crippen LogP contribution in [0.3, 0.4) is 0 Å². The second kappa shape index (κ2) is 5.90. The summed E-state index contributed by atoms with van der Waals surface area (Å²) < 4.78 is 73.9. The smallest absolute Gasteiger partial charge is 0.361 e. The molecule has 19 heavy (non-hydrogen) atoms. The summed E-state index contributed by atoms with van der Waals surface area (Å²) in [7, 11) is 0. The lowest BCUT2D eigenvalue weighted by molar-refractivity contribution is -0.137. The molecule has 0 aromatic heterocycles. The van der Waals surface area contributed by atoms with Crippen molar-refractivity contribution < 1.29 is 26.3 Å². The Kier molecular flexibility index (Phi) is 4.95. The molecule has 0 atom stereocenters. The van der Waals surface area contributed by atoms with Crippen molar-refractivity contribution >= 4 is 17.3 Å². The monoisotopic (exact) mass is 305 g/mol. The predicted octanol–water partition coefficient (Wildman–Crippen LogP) is 4.31. The number of alkyl halides is 7. The van der Waals surface area contributed by atoms with E-state index in [1.807, 2.05) is 0 Å². The van der Waals surface area contributed by atoms with Gasteiger partial charge in [-0.1, -0.05) is 0 Å². The Morgan fingerprint density at radius 3 is 1.84 bits per heavy atom. The Morgan fingerprint density at radius 2 is 1.47 bits per heavy atom. The third-order valence-corrected chi connectivity index (χ3v) is 2.45. The summed E-state index contributed by atoms with van der Waals surface area (Å²) in [5.41, 5.74) is -0.861. The topological polar surface area (TPSA) is 3.24 Å². The Morgan fingerprint density at radius 1 is 0.947 bits per heavy atom. The molecule has 0 fully saturated rings. The average molecular weight is 306 g/mol. The summed E-state index contributed by atoms with van der Waals surface area (Å²) in [4.78, 5) is 0.882. The SMILES string of the molecule is FC(F)(F)CN(CCCl)c1ccc(C(F)(F)F)cc1. The second-order valence-electron chi connectivity index (χ2n) is 3.77. The maximum atomic E-state index is 12.3. The van der Waals surface area contributed by atoms with Crippen LogP contribution in [0.15, 0.2) is 24.3 Å². The van der Waals surface area contributed by atoms with E-state index in [2.05, 4.69) is 0 Å². The molecule has 0 aliphatic carbocycles. The predicted molar refractivity (Wildman–Crippen MR) is 60.4 cm³/mol. The van der Waals surface area contributed by atoms with E-state index < -0.39 is 24.5 Å². The van der Waals surface area contributed by atoms with Crippen LogP contribution in [0.1, 0.15) is 5.56 Å². The molecule has 1 nitrogen and oxygen atoms in total. The fraction of sp³-hybridized carbons (Fsp3) is 0.455. The molecular formula is C11H10ClF6N. The van der Waals surface area contributed by atoms with Crippen LogP contribution in [0.2, 0.25) is 0 Å². The fourth-order valence-corrected chi connectivity index (χ4v) is 1.68. The van der Waals surface area contributed by atoms with E-state index in [0.29, 0.717) is 0 Å². The molecule has 0 heterocycles. The number of rotatable bonds is 4. The summed E-state index contributed by atoms with van der Waals surface area (Å²) in [6.45, 7) is -1.36. The number of nitrogens with zero attached hydrogens (tertiary/aromatic N) is 1. The van der Waals surface area contributed by atoms with Crippen LogP contribution >= 0.6 is 11.6 Å².